The summed E-state index contributed by atoms with van der Waals surface area (Å²) >= 11 is 0. The van der Waals surface area contributed by atoms with E-state index in [4.69, 9.17) is 10.7 Å². The normalized spacial score (nSPS) is 11.6. The summed E-state index contributed by atoms with van der Waals surface area (Å²) in [6.45, 7) is 9.74. The van der Waals surface area contributed by atoms with Crippen molar-refractivity contribution in [1.82, 2.24) is 25.3 Å². The van der Waals surface area contributed by atoms with Crippen LogP contribution in [0.2, 0.25) is 0 Å². The minimum absolute atomic E-state index is 0.00398. The first kappa shape index (κ1) is 30.5. The van der Waals surface area contributed by atoms with Gasteiger partial charge in [-0.15, -0.1) is 0 Å². The van der Waals surface area contributed by atoms with Crippen molar-refractivity contribution in [2.45, 2.75) is 53.5 Å². The smallest absolute Gasteiger partial charge is 0.161 e. The maximum Gasteiger partial charge on any atom is 0.161 e. The highest BCUT2D eigenvalue weighted by atomic mass is 19.1. The summed E-state index contributed by atoms with van der Waals surface area (Å²) in [7, 11) is 0. The van der Waals surface area contributed by atoms with Crippen LogP contribution in [0.5, 0.6) is 0 Å². The first-order valence-corrected chi connectivity index (χ1v) is 14.4. The van der Waals surface area contributed by atoms with Gasteiger partial charge in [0.2, 0.25) is 0 Å². The number of nitrogen functional groups attached to an aromatic ring is 1. The van der Waals surface area contributed by atoms with Gasteiger partial charge in [-0.05, 0) is 80.3 Å². The fourth-order valence-electron chi connectivity index (χ4n) is 4.78. The summed E-state index contributed by atoms with van der Waals surface area (Å²) in [5.41, 5.74) is 12.7. The van der Waals surface area contributed by atoms with Gasteiger partial charge in [0, 0.05) is 17.7 Å². The number of nitrogens with two attached hydrogens (primary N) is 1. The zero-order valence-electron chi connectivity index (χ0n) is 24.7. The fraction of sp³-hybridized carbons (Fsp3) is 0.294. The third kappa shape index (κ3) is 8.07. The van der Waals surface area contributed by atoms with Crippen LogP contribution < -0.4 is 11.1 Å². The first-order chi connectivity index (χ1) is 20.3. The Morgan fingerprint density at radius 3 is 2.55 bits per heavy atom. The molecule has 5 rings (SSSR count). The molecule has 7 nitrogen and oxygen atoms in total. The number of carbonyl (C=O) groups is 1. The molecule has 0 fully saturated rings. The number of hydrogen-bond acceptors (Lipinski definition) is 6. The number of rotatable bonds is 10. The second-order valence-corrected chi connectivity index (χ2v) is 10.6. The highest BCUT2D eigenvalue weighted by Crippen LogP contribution is 2.27. The number of aromatic nitrogens is 4. The van der Waals surface area contributed by atoms with E-state index >= 15 is 0 Å². The lowest BCUT2D eigenvalue weighted by molar-refractivity contribution is 0.101. The Balaban J connectivity index is 0.000000437. The number of Topliss-reactive ketones (excluding diaryl/α,β-unsaturated/α-hetero) is 1. The van der Waals surface area contributed by atoms with Crippen LogP contribution in [0.3, 0.4) is 0 Å². The molecule has 3 aromatic carbocycles. The molecule has 0 radical (unpaired) electrons. The maximum atomic E-state index is 12.2. The van der Waals surface area contributed by atoms with E-state index in [2.05, 4.69) is 46.2 Å². The van der Waals surface area contributed by atoms with Crippen molar-refractivity contribution in [2.75, 3.05) is 12.3 Å². The number of nitrogens with one attached hydrogen (secondary N) is 2. The van der Waals surface area contributed by atoms with Gasteiger partial charge in [0.05, 0.1) is 22.9 Å². The standard InChI is InChI=1S/C27H32N6O.C7H7F/c1-4-7-18(5-2)14-29-15-19-8-6-9-21(12-19)24-16-30-26(28)25(31-24)27-32-22-11-10-20(17(3)34)13-23(22)33-27;1-6-3-2-4-7(8)5-6/h6,8-13,16,18,29H,4-5,7,14-15H2,1-3H3,(H2,28,30)(H,32,33);2-5H,1H3. The Hall–Kier alpha value is -4.43. The summed E-state index contributed by atoms with van der Waals surface area (Å²) in [5, 5.41) is 3.59. The fourth-order valence-corrected chi connectivity index (χ4v) is 4.78. The Kier molecular flexibility index (Phi) is 10.5. The third-order valence-corrected chi connectivity index (χ3v) is 7.15. The van der Waals surface area contributed by atoms with Crippen molar-refractivity contribution in [3.8, 4) is 22.8 Å². The molecule has 5 aromatic rings. The van der Waals surface area contributed by atoms with E-state index in [0.717, 1.165) is 40.9 Å². The number of H-pyrrole nitrogens is 1. The van der Waals surface area contributed by atoms with Gasteiger partial charge in [-0.25, -0.2) is 19.3 Å². The molecule has 0 aliphatic rings. The summed E-state index contributed by atoms with van der Waals surface area (Å²) in [4.78, 5) is 28.7. The number of ketones is 1. The summed E-state index contributed by atoms with van der Waals surface area (Å²) in [6, 6.07) is 20.2. The molecule has 4 N–H and O–H groups in total. The maximum absolute atomic E-state index is 12.2. The molecule has 2 heterocycles. The molecule has 2 aromatic heterocycles. The van der Waals surface area contributed by atoms with Gasteiger partial charge < -0.3 is 16.0 Å². The molecule has 0 saturated carbocycles. The van der Waals surface area contributed by atoms with Gasteiger partial charge in [-0.1, -0.05) is 57.0 Å². The SMILES string of the molecule is CCCC(CC)CNCc1cccc(-c2cnc(N)c(-c3nc4ccc(C(C)=O)cc4[nH]3)n2)c1.Cc1cccc(F)c1. The highest BCUT2D eigenvalue weighted by Gasteiger charge is 2.14. The summed E-state index contributed by atoms with van der Waals surface area (Å²) in [6.07, 6.45) is 5.36. The summed E-state index contributed by atoms with van der Waals surface area (Å²) < 4.78 is 12.2. The number of aryl methyl sites for hydroxylation is 1. The predicted octanol–water partition coefficient (Wildman–Crippen LogP) is 7.52. The van der Waals surface area contributed by atoms with E-state index in [9.17, 15) is 9.18 Å². The number of benzene rings is 3. The average molecular weight is 567 g/mol. The van der Waals surface area contributed by atoms with Crippen LogP contribution in [-0.4, -0.2) is 32.3 Å². The van der Waals surface area contributed by atoms with Crippen molar-refractivity contribution in [3.05, 3.63) is 95.4 Å². The molecule has 0 saturated heterocycles. The second-order valence-electron chi connectivity index (χ2n) is 10.6. The van der Waals surface area contributed by atoms with Gasteiger partial charge in [0.1, 0.15) is 11.5 Å². The summed E-state index contributed by atoms with van der Waals surface area (Å²) in [5.74, 6) is 1.39. The Morgan fingerprint density at radius 2 is 1.86 bits per heavy atom. The van der Waals surface area contributed by atoms with Gasteiger partial charge in [0.25, 0.3) is 0 Å². The Morgan fingerprint density at radius 1 is 1.05 bits per heavy atom. The van der Waals surface area contributed by atoms with Crippen LogP contribution in [0.25, 0.3) is 33.8 Å². The molecular weight excluding hydrogens is 527 g/mol. The van der Waals surface area contributed by atoms with Crippen LogP contribution in [0.15, 0.2) is 72.9 Å². The number of nitrogens with zero attached hydrogens (tertiary/aromatic N) is 3. The van der Waals surface area contributed by atoms with Crippen molar-refractivity contribution >= 4 is 22.6 Å². The number of imidazole rings is 1. The number of halogens is 1. The number of hydrogen-bond donors (Lipinski definition) is 3. The van der Waals surface area contributed by atoms with E-state index in [1.807, 2.05) is 31.2 Å². The van der Waals surface area contributed by atoms with E-state index < -0.39 is 0 Å². The molecule has 0 aliphatic carbocycles. The largest absolute Gasteiger partial charge is 0.382 e. The molecule has 0 bridgehead atoms. The lowest BCUT2D eigenvalue weighted by Crippen LogP contribution is -2.22. The topological polar surface area (TPSA) is 110 Å². The Bertz CT molecular complexity index is 1630. The Labute approximate surface area is 246 Å². The van der Waals surface area contributed by atoms with Crippen molar-refractivity contribution in [2.24, 2.45) is 5.92 Å². The zero-order valence-corrected chi connectivity index (χ0v) is 24.7. The monoisotopic (exact) mass is 566 g/mol. The molecule has 42 heavy (non-hydrogen) atoms. The van der Waals surface area contributed by atoms with E-state index in [0.29, 0.717) is 28.8 Å². The molecule has 218 valence electrons. The molecule has 0 spiro atoms. The lowest BCUT2D eigenvalue weighted by Gasteiger charge is -2.15. The average Bonchev–Trinajstić information content (AvgIpc) is 3.40. The third-order valence-electron chi connectivity index (χ3n) is 7.15. The van der Waals surface area contributed by atoms with Crippen molar-refractivity contribution in [3.63, 3.8) is 0 Å². The van der Waals surface area contributed by atoms with Gasteiger partial charge in [-0.2, -0.15) is 0 Å². The van der Waals surface area contributed by atoms with Crippen molar-refractivity contribution < 1.29 is 9.18 Å². The van der Waals surface area contributed by atoms with Gasteiger partial charge >= 0.3 is 0 Å². The predicted molar refractivity (Wildman–Crippen MR) is 169 cm³/mol. The lowest BCUT2D eigenvalue weighted by atomic mass is 10.0. The number of anilines is 1. The minimum Gasteiger partial charge on any atom is -0.382 e. The highest BCUT2D eigenvalue weighted by molar-refractivity contribution is 5.97. The van der Waals surface area contributed by atoms with Crippen LogP contribution in [0.4, 0.5) is 10.2 Å². The van der Waals surface area contributed by atoms with E-state index in [-0.39, 0.29) is 11.6 Å². The second kappa shape index (κ2) is 14.5. The van der Waals surface area contributed by atoms with E-state index in [1.54, 1.807) is 31.3 Å². The zero-order chi connectivity index (χ0) is 30.1. The molecule has 0 amide bonds. The number of aromatic amines is 1. The van der Waals surface area contributed by atoms with Crippen molar-refractivity contribution in [1.29, 1.82) is 0 Å². The molecule has 8 heteroatoms. The molecular formula is C34H39FN6O. The first-order valence-electron chi connectivity index (χ1n) is 14.4. The van der Waals surface area contributed by atoms with Crippen LogP contribution in [-0.2, 0) is 6.54 Å². The number of fused-ring (bicyclic) bond motifs is 1. The van der Waals surface area contributed by atoms with Gasteiger partial charge in [0.15, 0.2) is 17.4 Å². The minimum atomic E-state index is -0.162. The number of carbonyl (C=O) groups excluding carboxylic acids is 1. The van der Waals surface area contributed by atoms with Crippen LogP contribution in [0.1, 0.15) is 61.5 Å². The van der Waals surface area contributed by atoms with Crippen LogP contribution in [0, 0.1) is 18.7 Å². The van der Waals surface area contributed by atoms with Gasteiger partial charge in [-0.3, -0.25) is 4.79 Å². The molecule has 1 atom stereocenters. The quantitative estimate of drug-likeness (QED) is 0.151. The van der Waals surface area contributed by atoms with Crippen LogP contribution >= 0.6 is 0 Å². The molecule has 0 aliphatic heterocycles. The molecule has 1 unspecified atom stereocenters. The van der Waals surface area contributed by atoms with E-state index in [1.165, 1.54) is 37.0 Å².